The van der Waals surface area contributed by atoms with E-state index in [4.69, 9.17) is 5.26 Å². The lowest BCUT2D eigenvalue weighted by atomic mass is 9.92. The number of anilines is 1. The molecule has 0 amide bonds. The summed E-state index contributed by atoms with van der Waals surface area (Å²) in [5.41, 5.74) is 3.39. The van der Waals surface area contributed by atoms with Gasteiger partial charge in [-0.25, -0.2) is 0 Å². The quantitative estimate of drug-likeness (QED) is 0.852. The Balaban J connectivity index is 2.12. The highest BCUT2D eigenvalue weighted by molar-refractivity contribution is 5.62. The van der Waals surface area contributed by atoms with Gasteiger partial charge in [-0.3, -0.25) is 0 Å². The summed E-state index contributed by atoms with van der Waals surface area (Å²) in [6, 6.07) is 8.13. The van der Waals surface area contributed by atoms with Gasteiger partial charge < -0.3 is 5.32 Å². The molecule has 0 spiro atoms. The van der Waals surface area contributed by atoms with E-state index in [1.807, 2.05) is 12.1 Å². The van der Waals surface area contributed by atoms with Crippen LogP contribution in [0.25, 0.3) is 0 Å². The molecule has 0 aromatic heterocycles. The Hall–Kier alpha value is -1.49. The highest BCUT2D eigenvalue weighted by atomic mass is 14.9. The molecule has 0 radical (unpaired) electrons. The molecule has 0 heterocycles. The van der Waals surface area contributed by atoms with Crippen molar-refractivity contribution in [3.05, 3.63) is 29.3 Å². The van der Waals surface area contributed by atoms with Gasteiger partial charge in [-0.1, -0.05) is 26.0 Å². The predicted molar refractivity (Wildman–Crippen MR) is 70.9 cm³/mol. The maximum Gasteiger partial charge on any atom is 0.101 e. The van der Waals surface area contributed by atoms with Crippen molar-refractivity contribution in [3.63, 3.8) is 0 Å². The second-order valence-corrected chi connectivity index (χ2v) is 5.48. The van der Waals surface area contributed by atoms with Crippen LogP contribution < -0.4 is 5.32 Å². The highest BCUT2D eigenvalue weighted by Crippen LogP contribution is 2.51. The summed E-state index contributed by atoms with van der Waals surface area (Å²) >= 11 is 0. The van der Waals surface area contributed by atoms with Gasteiger partial charge in [0.15, 0.2) is 0 Å². The lowest BCUT2D eigenvalue weighted by Gasteiger charge is -2.22. The van der Waals surface area contributed by atoms with Crippen molar-refractivity contribution >= 4 is 5.69 Å². The molecule has 90 valence electrons. The van der Waals surface area contributed by atoms with Gasteiger partial charge >= 0.3 is 0 Å². The van der Waals surface area contributed by atoms with E-state index in [0.717, 1.165) is 23.4 Å². The summed E-state index contributed by atoms with van der Waals surface area (Å²) in [7, 11) is 0. The molecule has 1 aliphatic carbocycles. The van der Waals surface area contributed by atoms with Gasteiger partial charge in [-0.15, -0.1) is 0 Å². The minimum absolute atomic E-state index is 0.467. The molecule has 1 aromatic carbocycles. The van der Waals surface area contributed by atoms with Crippen LogP contribution in [-0.2, 0) is 0 Å². The lowest BCUT2D eigenvalue weighted by molar-refractivity contribution is 0.380. The number of para-hydroxylation sites is 1. The fourth-order valence-corrected chi connectivity index (χ4v) is 2.38. The van der Waals surface area contributed by atoms with Crippen molar-refractivity contribution < 1.29 is 0 Å². The Kier molecular flexibility index (Phi) is 3.11. The van der Waals surface area contributed by atoms with Crippen LogP contribution in [0.3, 0.4) is 0 Å². The van der Waals surface area contributed by atoms with E-state index in [1.54, 1.807) is 0 Å². The zero-order valence-corrected chi connectivity index (χ0v) is 10.9. The molecular formula is C15H20N2. The summed E-state index contributed by atoms with van der Waals surface area (Å²) < 4.78 is 0. The van der Waals surface area contributed by atoms with E-state index in [9.17, 15) is 0 Å². The van der Waals surface area contributed by atoms with Gasteiger partial charge in [0.25, 0.3) is 0 Å². The van der Waals surface area contributed by atoms with Crippen molar-refractivity contribution in [2.24, 2.45) is 11.3 Å². The van der Waals surface area contributed by atoms with Crippen LogP contribution in [0.4, 0.5) is 5.69 Å². The third kappa shape index (κ3) is 2.29. The van der Waals surface area contributed by atoms with Crippen LogP contribution in [0, 0.1) is 29.6 Å². The summed E-state index contributed by atoms with van der Waals surface area (Å²) in [4.78, 5) is 0. The number of nitrogens with zero attached hydrogens (tertiary/aromatic N) is 1. The first kappa shape index (κ1) is 12.0. The Morgan fingerprint density at radius 2 is 2.12 bits per heavy atom. The minimum atomic E-state index is 0.467. The number of hydrogen-bond acceptors (Lipinski definition) is 2. The molecule has 1 N–H and O–H groups in total. The number of hydrogen-bond donors (Lipinski definition) is 1. The van der Waals surface area contributed by atoms with Crippen molar-refractivity contribution in [3.8, 4) is 6.07 Å². The average molecular weight is 228 g/mol. The van der Waals surface area contributed by atoms with Crippen LogP contribution in [0.5, 0.6) is 0 Å². The molecule has 2 rings (SSSR count). The van der Waals surface area contributed by atoms with Crippen LogP contribution >= 0.6 is 0 Å². The van der Waals surface area contributed by atoms with E-state index in [1.165, 1.54) is 12.8 Å². The summed E-state index contributed by atoms with van der Waals surface area (Å²) in [6.45, 7) is 7.62. The molecular weight excluding hydrogens is 208 g/mol. The van der Waals surface area contributed by atoms with E-state index in [0.29, 0.717) is 11.3 Å². The molecule has 0 atom stereocenters. The first-order chi connectivity index (χ1) is 8.09. The number of nitriles is 1. The zero-order valence-electron chi connectivity index (χ0n) is 10.9. The van der Waals surface area contributed by atoms with Crippen LogP contribution in [0.15, 0.2) is 18.2 Å². The number of nitrogens with one attached hydrogen (secondary N) is 1. The molecule has 0 unspecified atom stereocenters. The molecule has 0 bridgehead atoms. The Morgan fingerprint density at radius 1 is 1.41 bits per heavy atom. The lowest BCUT2D eigenvalue weighted by Crippen LogP contribution is -2.21. The molecule has 17 heavy (non-hydrogen) atoms. The second-order valence-electron chi connectivity index (χ2n) is 5.48. The molecule has 2 nitrogen and oxygen atoms in total. The van der Waals surface area contributed by atoms with E-state index >= 15 is 0 Å². The van der Waals surface area contributed by atoms with Crippen LogP contribution in [-0.4, -0.2) is 6.54 Å². The smallest absolute Gasteiger partial charge is 0.101 e. The third-order valence-corrected chi connectivity index (χ3v) is 4.13. The molecule has 1 aliphatic rings. The molecule has 0 saturated heterocycles. The van der Waals surface area contributed by atoms with Gasteiger partial charge in [0.1, 0.15) is 6.07 Å². The number of rotatable bonds is 4. The molecule has 0 aliphatic heterocycles. The van der Waals surface area contributed by atoms with Crippen molar-refractivity contribution in [1.82, 2.24) is 0 Å². The highest BCUT2D eigenvalue weighted by Gasteiger charge is 2.44. The van der Waals surface area contributed by atoms with Gasteiger partial charge in [-0.05, 0) is 42.7 Å². The molecule has 2 heteroatoms. The van der Waals surface area contributed by atoms with Crippen molar-refractivity contribution in [2.45, 2.75) is 33.6 Å². The van der Waals surface area contributed by atoms with E-state index in [2.05, 4.69) is 38.2 Å². The SMILES string of the molecule is Cc1cccc(C#N)c1NCC1(C(C)C)CC1. The van der Waals surface area contributed by atoms with Gasteiger partial charge in [-0.2, -0.15) is 5.26 Å². The van der Waals surface area contributed by atoms with Crippen molar-refractivity contribution in [1.29, 1.82) is 5.26 Å². The second kappa shape index (κ2) is 4.41. The number of aryl methyl sites for hydroxylation is 1. The fraction of sp³-hybridized carbons (Fsp3) is 0.533. The zero-order chi connectivity index (χ0) is 12.5. The van der Waals surface area contributed by atoms with Crippen LogP contribution in [0.2, 0.25) is 0 Å². The van der Waals surface area contributed by atoms with Gasteiger partial charge in [0, 0.05) is 6.54 Å². The molecule has 1 aromatic rings. The maximum atomic E-state index is 9.11. The standard InChI is InChI=1S/C15H20N2/c1-11(2)15(7-8-15)10-17-14-12(3)5-4-6-13(14)9-16/h4-6,11,17H,7-8,10H2,1-3H3. The summed E-state index contributed by atoms with van der Waals surface area (Å²) in [5.74, 6) is 0.713. The maximum absolute atomic E-state index is 9.11. The fourth-order valence-electron chi connectivity index (χ4n) is 2.38. The van der Waals surface area contributed by atoms with Crippen molar-refractivity contribution in [2.75, 3.05) is 11.9 Å². The number of benzene rings is 1. The molecule has 1 fully saturated rings. The molecule has 1 saturated carbocycles. The summed E-state index contributed by atoms with van der Waals surface area (Å²) in [5, 5.41) is 12.6. The predicted octanol–water partition coefficient (Wildman–Crippen LogP) is 3.71. The van der Waals surface area contributed by atoms with Gasteiger partial charge in [0.05, 0.1) is 11.3 Å². The van der Waals surface area contributed by atoms with Crippen LogP contribution in [0.1, 0.15) is 37.8 Å². The van der Waals surface area contributed by atoms with Gasteiger partial charge in [0.2, 0.25) is 0 Å². The first-order valence-corrected chi connectivity index (χ1v) is 6.33. The average Bonchev–Trinajstić information content (AvgIpc) is 3.08. The summed E-state index contributed by atoms with van der Waals surface area (Å²) in [6.07, 6.45) is 2.62. The Morgan fingerprint density at radius 3 is 2.65 bits per heavy atom. The van der Waals surface area contributed by atoms with E-state index in [-0.39, 0.29) is 0 Å². The monoisotopic (exact) mass is 228 g/mol. The topological polar surface area (TPSA) is 35.8 Å². The third-order valence-electron chi connectivity index (χ3n) is 4.13. The Labute approximate surface area is 104 Å². The minimum Gasteiger partial charge on any atom is -0.383 e. The normalized spacial score (nSPS) is 16.6. The largest absolute Gasteiger partial charge is 0.383 e. The Bertz CT molecular complexity index is 450. The first-order valence-electron chi connectivity index (χ1n) is 6.33. The van der Waals surface area contributed by atoms with E-state index < -0.39 is 0 Å².